The van der Waals surface area contributed by atoms with E-state index in [9.17, 15) is 13.6 Å². The molecule has 1 amide bonds. The van der Waals surface area contributed by atoms with Gasteiger partial charge in [0, 0.05) is 35.1 Å². The molecule has 0 unspecified atom stereocenters. The van der Waals surface area contributed by atoms with Gasteiger partial charge in [0.2, 0.25) is 11.9 Å². The lowest BCUT2D eigenvalue weighted by Gasteiger charge is -2.16. The minimum Gasteiger partial charge on any atom is -0.308 e. The fraction of sp³-hybridized carbons (Fsp3) is 0.167. The van der Waals surface area contributed by atoms with Crippen molar-refractivity contribution in [3.8, 4) is 5.69 Å². The van der Waals surface area contributed by atoms with Crippen molar-refractivity contribution in [3.05, 3.63) is 71.1 Å². The van der Waals surface area contributed by atoms with Gasteiger partial charge in [-0.15, -0.1) is 0 Å². The van der Waals surface area contributed by atoms with Crippen molar-refractivity contribution < 1.29 is 13.6 Å². The summed E-state index contributed by atoms with van der Waals surface area (Å²) in [6.07, 6.45) is 3.98. The number of aromatic nitrogens is 3. The van der Waals surface area contributed by atoms with Crippen molar-refractivity contribution in [1.82, 2.24) is 14.8 Å². The highest BCUT2D eigenvalue weighted by atomic mass is 35.5. The van der Waals surface area contributed by atoms with E-state index in [1.165, 1.54) is 35.1 Å². The average Bonchev–Trinajstić information content (AvgIpc) is 3.30. The molecular weight excluding hydrogens is 362 g/mol. The minimum absolute atomic E-state index is 0.290. The number of nitrogens with zero attached hydrogens (tertiary/aromatic N) is 3. The number of hydrogen-bond acceptors (Lipinski definition) is 3. The second kappa shape index (κ2) is 6.17. The van der Waals surface area contributed by atoms with Crippen LogP contribution in [0.2, 0.25) is 5.02 Å². The first-order chi connectivity index (χ1) is 12.5. The molecule has 5 nitrogen and oxygen atoms in total. The Morgan fingerprint density at radius 3 is 2.73 bits per heavy atom. The van der Waals surface area contributed by atoms with Gasteiger partial charge in [0.1, 0.15) is 5.82 Å². The number of pyridine rings is 1. The Bertz CT molecular complexity index is 1000. The molecular formula is C18H13ClF2N4O. The van der Waals surface area contributed by atoms with E-state index < -0.39 is 17.2 Å². The first-order valence-corrected chi connectivity index (χ1v) is 8.30. The molecule has 1 fully saturated rings. The Balaban J connectivity index is 1.56. The van der Waals surface area contributed by atoms with Crippen LogP contribution in [0, 0.1) is 11.8 Å². The molecule has 26 heavy (non-hydrogen) atoms. The molecule has 0 spiro atoms. The van der Waals surface area contributed by atoms with Crippen LogP contribution in [-0.4, -0.2) is 20.7 Å². The highest BCUT2D eigenvalue weighted by Crippen LogP contribution is 2.50. The van der Waals surface area contributed by atoms with E-state index in [1.54, 1.807) is 18.3 Å². The molecule has 0 bridgehead atoms. The summed E-state index contributed by atoms with van der Waals surface area (Å²) in [6.45, 7) is 0. The van der Waals surface area contributed by atoms with Gasteiger partial charge in [-0.3, -0.25) is 4.79 Å². The molecule has 1 aromatic carbocycles. The summed E-state index contributed by atoms with van der Waals surface area (Å²) in [5.74, 6) is -1.14. The maximum Gasteiger partial charge on any atom is 0.236 e. The molecule has 2 aromatic heterocycles. The summed E-state index contributed by atoms with van der Waals surface area (Å²) in [7, 11) is 0. The first-order valence-electron chi connectivity index (χ1n) is 7.92. The quantitative estimate of drug-likeness (QED) is 0.705. The average molecular weight is 375 g/mol. The first kappa shape index (κ1) is 16.7. The van der Waals surface area contributed by atoms with Crippen LogP contribution in [0.3, 0.4) is 0 Å². The van der Waals surface area contributed by atoms with E-state index in [1.807, 2.05) is 0 Å². The van der Waals surface area contributed by atoms with Gasteiger partial charge in [0.05, 0.1) is 11.1 Å². The predicted molar refractivity (Wildman–Crippen MR) is 92.3 cm³/mol. The summed E-state index contributed by atoms with van der Waals surface area (Å²) in [5.41, 5.74) is -0.167. The van der Waals surface area contributed by atoms with E-state index in [-0.39, 0.29) is 11.5 Å². The Hall–Kier alpha value is -2.80. The lowest BCUT2D eigenvalue weighted by Crippen LogP contribution is -2.29. The molecule has 1 aliphatic carbocycles. The van der Waals surface area contributed by atoms with Crippen molar-refractivity contribution in [2.45, 2.75) is 18.3 Å². The van der Waals surface area contributed by atoms with Gasteiger partial charge >= 0.3 is 0 Å². The molecule has 1 N–H and O–H groups in total. The number of hydrogen-bond donors (Lipinski definition) is 1. The van der Waals surface area contributed by atoms with Crippen LogP contribution in [0.5, 0.6) is 0 Å². The van der Waals surface area contributed by atoms with Crippen LogP contribution in [-0.2, 0) is 10.2 Å². The lowest BCUT2D eigenvalue weighted by molar-refractivity contribution is -0.118. The van der Waals surface area contributed by atoms with E-state index >= 15 is 0 Å². The summed E-state index contributed by atoms with van der Waals surface area (Å²) in [4.78, 5) is 16.2. The fourth-order valence-electron chi connectivity index (χ4n) is 2.91. The van der Waals surface area contributed by atoms with Crippen molar-refractivity contribution in [3.63, 3.8) is 0 Å². The number of rotatable bonds is 4. The molecule has 3 aromatic rings. The van der Waals surface area contributed by atoms with Crippen molar-refractivity contribution >= 4 is 23.3 Å². The maximum atomic E-state index is 14.2. The lowest BCUT2D eigenvalue weighted by atomic mass is 9.94. The monoisotopic (exact) mass is 374 g/mol. The predicted octanol–water partition coefficient (Wildman–Crippen LogP) is 3.87. The van der Waals surface area contributed by atoms with Crippen LogP contribution in [0.4, 0.5) is 14.6 Å². The van der Waals surface area contributed by atoms with Gasteiger partial charge < -0.3 is 5.32 Å². The zero-order chi connectivity index (χ0) is 18.3. The van der Waals surface area contributed by atoms with E-state index in [4.69, 9.17) is 11.6 Å². The number of carbonyl (C=O) groups is 1. The van der Waals surface area contributed by atoms with Crippen LogP contribution in [0.25, 0.3) is 5.69 Å². The minimum atomic E-state index is -0.929. The van der Waals surface area contributed by atoms with Crippen molar-refractivity contribution in [1.29, 1.82) is 0 Å². The number of amides is 1. The Morgan fingerprint density at radius 2 is 2.00 bits per heavy atom. The molecule has 0 aliphatic heterocycles. The van der Waals surface area contributed by atoms with Crippen molar-refractivity contribution in [2.75, 3.05) is 5.32 Å². The summed E-state index contributed by atoms with van der Waals surface area (Å²) in [5, 5.41) is 7.29. The third-order valence-electron chi connectivity index (χ3n) is 4.43. The summed E-state index contributed by atoms with van der Waals surface area (Å²) in [6, 6.07) is 8.60. The molecule has 0 radical (unpaired) electrons. The smallest absolute Gasteiger partial charge is 0.236 e. The van der Waals surface area contributed by atoms with E-state index in [0.717, 1.165) is 0 Å². The van der Waals surface area contributed by atoms with Gasteiger partial charge in [-0.25, -0.2) is 14.1 Å². The second-order valence-corrected chi connectivity index (χ2v) is 6.58. The fourth-order valence-corrected chi connectivity index (χ4v) is 3.09. The highest BCUT2D eigenvalue weighted by molar-refractivity contribution is 6.30. The molecule has 1 aliphatic rings. The molecule has 1 saturated carbocycles. The Morgan fingerprint density at radius 1 is 1.19 bits per heavy atom. The number of halogens is 3. The molecule has 0 atom stereocenters. The maximum absolute atomic E-state index is 14.2. The van der Waals surface area contributed by atoms with Crippen LogP contribution >= 0.6 is 11.6 Å². The second-order valence-electron chi connectivity index (χ2n) is 6.14. The molecule has 8 heteroatoms. The third kappa shape index (κ3) is 2.94. The molecule has 0 saturated heterocycles. The van der Waals surface area contributed by atoms with Gasteiger partial charge in [0.15, 0.2) is 5.82 Å². The third-order valence-corrected chi connectivity index (χ3v) is 4.67. The zero-order valence-electron chi connectivity index (χ0n) is 13.4. The van der Waals surface area contributed by atoms with Gasteiger partial charge in [-0.2, -0.15) is 9.49 Å². The van der Waals surface area contributed by atoms with Gasteiger partial charge in [-0.1, -0.05) is 11.6 Å². The van der Waals surface area contributed by atoms with Gasteiger partial charge in [0.25, 0.3) is 0 Å². The number of nitrogens with one attached hydrogen (secondary N) is 1. The Labute approximate surface area is 152 Å². The number of anilines is 1. The van der Waals surface area contributed by atoms with Crippen LogP contribution < -0.4 is 5.32 Å². The SMILES string of the molecule is O=C(Nc1ccn(-c2ccnc(F)c2)n1)C1(c2cc(Cl)ccc2F)CC1. The van der Waals surface area contributed by atoms with Crippen LogP contribution in [0.1, 0.15) is 18.4 Å². The highest BCUT2D eigenvalue weighted by Gasteiger charge is 2.53. The Kier molecular flexibility index (Phi) is 3.96. The largest absolute Gasteiger partial charge is 0.308 e. The van der Waals surface area contributed by atoms with E-state index in [0.29, 0.717) is 29.4 Å². The van der Waals surface area contributed by atoms with E-state index in [2.05, 4.69) is 15.4 Å². The number of benzene rings is 1. The zero-order valence-corrected chi connectivity index (χ0v) is 14.2. The van der Waals surface area contributed by atoms with Crippen molar-refractivity contribution in [2.24, 2.45) is 0 Å². The normalized spacial score (nSPS) is 14.9. The number of carbonyl (C=O) groups excluding carboxylic acids is 1. The van der Waals surface area contributed by atoms with Gasteiger partial charge in [-0.05, 0) is 37.1 Å². The molecule has 132 valence electrons. The topological polar surface area (TPSA) is 59.8 Å². The summed E-state index contributed by atoms with van der Waals surface area (Å²) >= 11 is 5.95. The standard InChI is InChI=1S/C18H13ClF2N4O/c19-11-1-2-14(20)13(9-11)18(5-6-18)17(26)23-16-4-8-25(24-16)12-3-7-22-15(21)10-12/h1-4,7-10H,5-6H2,(H,23,24,26). The molecule has 2 heterocycles. The summed E-state index contributed by atoms with van der Waals surface area (Å²) < 4.78 is 28.8. The molecule has 4 rings (SSSR count). The van der Waals surface area contributed by atoms with Crippen LogP contribution in [0.15, 0.2) is 48.8 Å².